The average Bonchev–Trinajstić information content (AvgIpc) is 2.30. The highest BCUT2D eigenvalue weighted by Crippen LogP contribution is 2.32. The van der Waals surface area contributed by atoms with E-state index in [4.69, 9.17) is 4.74 Å². The number of anilines is 1. The molecule has 3 nitrogen and oxygen atoms in total. The van der Waals surface area contributed by atoms with Crippen molar-refractivity contribution in [3.8, 4) is 5.75 Å². The Balaban J connectivity index is 2.20. The number of halogens is 1. The van der Waals surface area contributed by atoms with Crippen LogP contribution >= 0.6 is 15.9 Å². The third-order valence-corrected chi connectivity index (χ3v) is 3.62. The van der Waals surface area contributed by atoms with Crippen LogP contribution in [0.2, 0.25) is 0 Å². The lowest BCUT2D eigenvalue weighted by atomic mass is 10.2. The molecule has 0 spiro atoms. The SMILES string of the molecule is CC(C)Oc1cc(Br)ccc1N1CCN(C)CC1. The van der Waals surface area contributed by atoms with Crippen molar-refractivity contribution in [2.45, 2.75) is 20.0 Å². The Bertz CT molecular complexity index is 401. The van der Waals surface area contributed by atoms with E-state index in [9.17, 15) is 0 Å². The Morgan fingerprint density at radius 3 is 2.44 bits per heavy atom. The second-order valence-corrected chi connectivity index (χ2v) is 5.98. The van der Waals surface area contributed by atoms with Gasteiger partial charge in [0, 0.05) is 30.7 Å². The monoisotopic (exact) mass is 312 g/mol. The van der Waals surface area contributed by atoms with E-state index in [1.807, 2.05) is 0 Å². The quantitative estimate of drug-likeness (QED) is 0.853. The summed E-state index contributed by atoms with van der Waals surface area (Å²) >= 11 is 3.51. The van der Waals surface area contributed by atoms with Gasteiger partial charge in [-0.3, -0.25) is 0 Å². The van der Waals surface area contributed by atoms with Crippen LogP contribution in [0.3, 0.4) is 0 Å². The smallest absolute Gasteiger partial charge is 0.144 e. The summed E-state index contributed by atoms with van der Waals surface area (Å²) in [6, 6.07) is 6.29. The first kappa shape index (κ1) is 13.7. The molecule has 1 aliphatic rings. The second kappa shape index (κ2) is 5.93. The van der Waals surface area contributed by atoms with Gasteiger partial charge < -0.3 is 14.5 Å². The molecule has 0 aromatic heterocycles. The van der Waals surface area contributed by atoms with Crippen LogP contribution in [0, 0.1) is 0 Å². The molecule has 0 radical (unpaired) electrons. The summed E-state index contributed by atoms with van der Waals surface area (Å²) < 4.78 is 6.99. The van der Waals surface area contributed by atoms with Crippen LogP contribution in [0.4, 0.5) is 5.69 Å². The first-order valence-electron chi connectivity index (χ1n) is 6.46. The molecule has 100 valence electrons. The van der Waals surface area contributed by atoms with Crippen molar-refractivity contribution in [2.24, 2.45) is 0 Å². The molecule has 1 aromatic rings. The van der Waals surface area contributed by atoms with E-state index in [-0.39, 0.29) is 6.10 Å². The van der Waals surface area contributed by atoms with Gasteiger partial charge in [-0.05, 0) is 39.1 Å². The Kier molecular flexibility index (Phi) is 4.51. The summed E-state index contributed by atoms with van der Waals surface area (Å²) in [5.41, 5.74) is 1.21. The summed E-state index contributed by atoms with van der Waals surface area (Å²) in [7, 11) is 2.17. The van der Waals surface area contributed by atoms with Crippen LogP contribution in [0.5, 0.6) is 5.75 Å². The number of hydrogen-bond donors (Lipinski definition) is 0. The highest BCUT2D eigenvalue weighted by atomic mass is 79.9. The van der Waals surface area contributed by atoms with Crippen LogP contribution in [0.15, 0.2) is 22.7 Å². The number of rotatable bonds is 3. The maximum Gasteiger partial charge on any atom is 0.144 e. The Morgan fingerprint density at radius 1 is 1.17 bits per heavy atom. The van der Waals surface area contributed by atoms with Crippen molar-refractivity contribution in [1.29, 1.82) is 0 Å². The Morgan fingerprint density at radius 2 is 1.83 bits per heavy atom. The summed E-state index contributed by atoms with van der Waals surface area (Å²) in [4.78, 5) is 4.77. The average molecular weight is 313 g/mol. The minimum Gasteiger partial charge on any atom is -0.489 e. The lowest BCUT2D eigenvalue weighted by Gasteiger charge is -2.35. The first-order chi connectivity index (χ1) is 8.56. The predicted octanol–water partition coefficient (Wildman–Crippen LogP) is 2.99. The van der Waals surface area contributed by atoms with Crippen molar-refractivity contribution in [3.63, 3.8) is 0 Å². The number of piperazine rings is 1. The van der Waals surface area contributed by atoms with Crippen molar-refractivity contribution in [1.82, 2.24) is 4.90 Å². The van der Waals surface area contributed by atoms with Gasteiger partial charge in [-0.15, -0.1) is 0 Å². The van der Waals surface area contributed by atoms with E-state index in [2.05, 4.69) is 64.8 Å². The molecule has 0 N–H and O–H groups in total. The second-order valence-electron chi connectivity index (χ2n) is 5.07. The van der Waals surface area contributed by atoms with Gasteiger partial charge in [0.05, 0.1) is 11.8 Å². The van der Waals surface area contributed by atoms with Gasteiger partial charge >= 0.3 is 0 Å². The summed E-state index contributed by atoms with van der Waals surface area (Å²) in [6.45, 7) is 8.47. The molecule has 0 amide bonds. The van der Waals surface area contributed by atoms with Gasteiger partial charge in [0.25, 0.3) is 0 Å². The van der Waals surface area contributed by atoms with Gasteiger partial charge in [-0.25, -0.2) is 0 Å². The zero-order valence-electron chi connectivity index (χ0n) is 11.3. The zero-order valence-corrected chi connectivity index (χ0v) is 12.9. The number of likely N-dealkylation sites (N-methyl/N-ethyl adjacent to an activating group) is 1. The molecule has 0 bridgehead atoms. The molecule has 1 saturated heterocycles. The van der Waals surface area contributed by atoms with Crippen LogP contribution in [0.1, 0.15) is 13.8 Å². The van der Waals surface area contributed by atoms with Crippen molar-refractivity contribution in [2.75, 3.05) is 38.1 Å². The molecule has 2 rings (SSSR count). The Labute approximate surface area is 118 Å². The molecule has 18 heavy (non-hydrogen) atoms. The number of benzene rings is 1. The summed E-state index contributed by atoms with van der Waals surface area (Å²) in [5, 5.41) is 0. The molecule has 4 heteroatoms. The molecule has 1 aliphatic heterocycles. The lowest BCUT2D eigenvalue weighted by molar-refractivity contribution is 0.241. The largest absolute Gasteiger partial charge is 0.489 e. The fraction of sp³-hybridized carbons (Fsp3) is 0.571. The van der Waals surface area contributed by atoms with Crippen LogP contribution in [0.25, 0.3) is 0 Å². The zero-order chi connectivity index (χ0) is 13.1. The highest BCUT2D eigenvalue weighted by molar-refractivity contribution is 9.10. The minimum absolute atomic E-state index is 0.200. The third kappa shape index (κ3) is 3.39. The van der Waals surface area contributed by atoms with Crippen molar-refractivity contribution in [3.05, 3.63) is 22.7 Å². The predicted molar refractivity (Wildman–Crippen MR) is 79.6 cm³/mol. The van der Waals surface area contributed by atoms with E-state index in [0.29, 0.717) is 0 Å². The molecule has 0 unspecified atom stereocenters. The van der Waals surface area contributed by atoms with Gasteiger partial charge in [-0.2, -0.15) is 0 Å². The highest BCUT2D eigenvalue weighted by Gasteiger charge is 2.18. The molecule has 0 saturated carbocycles. The van der Waals surface area contributed by atoms with E-state index >= 15 is 0 Å². The number of hydrogen-bond acceptors (Lipinski definition) is 3. The van der Waals surface area contributed by atoms with Crippen LogP contribution in [-0.2, 0) is 0 Å². The molecule has 1 fully saturated rings. The number of nitrogens with zero attached hydrogens (tertiary/aromatic N) is 2. The lowest BCUT2D eigenvalue weighted by Crippen LogP contribution is -2.44. The fourth-order valence-electron chi connectivity index (χ4n) is 2.14. The summed E-state index contributed by atoms with van der Waals surface area (Å²) in [5.74, 6) is 0.976. The van der Waals surface area contributed by atoms with Gasteiger partial charge in [-0.1, -0.05) is 15.9 Å². The fourth-order valence-corrected chi connectivity index (χ4v) is 2.48. The Hall–Kier alpha value is -0.740. The minimum atomic E-state index is 0.200. The molecule has 1 aromatic carbocycles. The van der Waals surface area contributed by atoms with Crippen molar-refractivity contribution >= 4 is 21.6 Å². The van der Waals surface area contributed by atoms with E-state index in [1.165, 1.54) is 5.69 Å². The third-order valence-electron chi connectivity index (χ3n) is 3.13. The van der Waals surface area contributed by atoms with E-state index in [1.54, 1.807) is 0 Å². The maximum atomic E-state index is 5.92. The molecular formula is C14H21BrN2O. The maximum absolute atomic E-state index is 5.92. The normalized spacial score (nSPS) is 17.3. The van der Waals surface area contributed by atoms with Gasteiger partial charge in [0.2, 0.25) is 0 Å². The molecule has 0 aliphatic carbocycles. The molecular weight excluding hydrogens is 292 g/mol. The van der Waals surface area contributed by atoms with Crippen LogP contribution in [-0.4, -0.2) is 44.2 Å². The first-order valence-corrected chi connectivity index (χ1v) is 7.25. The van der Waals surface area contributed by atoms with Gasteiger partial charge in [0.1, 0.15) is 5.75 Å². The van der Waals surface area contributed by atoms with Crippen molar-refractivity contribution < 1.29 is 4.74 Å². The number of ether oxygens (including phenoxy) is 1. The van der Waals surface area contributed by atoms with E-state index in [0.717, 1.165) is 36.4 Å². The summed E-state index contributed by atoms with van der Waals surface area (Å²) in [6.07, 6.45) is 0.200. The molecule has 0 atom stereocenters. The standard InChI is InChI=1S/C14H21BrN2O/c1-11(2)18-14-10-12(15)4-5-13(14)17-8-6-16(3)7-9-17/h4-5,10-11H,6-9H2,1-3H3. The van der Waals surface area contributed by atoms with E-state index < -0.39 is 0 Å². The van der Waals surface area contributed by atoms with Gasteiger partial charge in [0.15, 0.2) is 0 Å². The molecule has 1 heterocycles. The van der Waals surface area contributed by atoms with Crippen LogP contribution < -0.4 is 9.64 Å². The topological polar surface area (TPSA) is 15.7 Å².